The number of carbonyl (C=O) groups excluding carboxylic acids is 10. The number of benzene rings is 4. The number of rotatable bonds is 34. The zero-order chi connectivity index (χ0) is 66.5. The fourth-order valence-corrected chi connectivity index (χ4v) is 17.6. The Morgan fingerprint density at radius 2 is 0.775 bits per heavy atom. The highest BCUT2D eigenvalue weighted by atomic mass is 28.4. The first-order valence-electron chi connectivity index (χ1n) is 30.7. The summed E-state index contributed by atoms with van der Waals surface area (Å²) in [6, 6.07) is 30.1. The van der Waals surface area contributed by atoms with Gasteiger partial charge in [-0.1, -0.05) is 197 Å². The summed E-state index contributed by atoms with van der Waals surface area (Å²) >= 11 is 0. The third kappa shape index (κ3) is 26.3. The van der Waals surface area contributed by atoms with Crippen LogP contribution in [0.5, 0.6) is 0 Å². The highest BCUT2D eigenvalue weighted by molar-refractivity contribution is 6.88. The second-order valence-electron chi connectivity index (χ2n) is 24.5. The molecule has 0 saturated heterocycles. The lowest BCUT2D eigenvalue weighted by Crippen LogP contribution is -2.51. The van der Waals surface area contributed by atoms with E-state index < -0.39 is 82.7 Å². The van der Waals surface area contributed by atoms with Gasteiger partial charge in [-0.2, -0.15) is 0 Å². The van der Waals surface area contributed by atoms with Crippen LogP contribution >= 0.6 is 0 Å². The van der Waals surface area contributed by atoms with Crippen LogP contribution in [0.4, 0.5) is 4.11 Å². The summed E-state index contributed by atoms with van der Waals surface area (Å²) in [6.07, 6.45) is 0.407. The SMILES string of the molecule is CC(C)[C@H](NC(=O)Cc1ccc([SiH](C(C)C)C(C)C)cc1)C(=O)NCCC(=O)N[C@@H](Cc1ccccc1)C(=O)NCC(N)=O.CC(C)[C@H](NC(=O)Cc1ccc([Si](F)(C(C)C)C(C)C)cc1)C(=O)NCCC(=O)N[C@@H](Cc1ccccc1)C(=O)NCC(N)=O. The van der Waals surface area contributed by atoms with Crippen molar-refractivity contribution in [2.45, 2.75) is 168 Å². The first-order valence-corrected chi connectivity index (χ1v) is 34.7. The predicted octanol–water partition coefficient (Wildman–Crippen LogP) is 3.61. The monoisotopic (exact) mass is 1260 g/mol. The van der Waals surface area contributed by atoms with Gasteiger partial charge < -0.3 is 58.1 Å². The maximum absolute atomic E-state index is 15.9. The van der Waals surface area contributed by atoms with Crippen molar-refractivity contribution in [1.29, 1.82) is 0 Å². The summed E-state index contributed by atoms with van der Waals surface area (Å²) in [4.78, 5) is 124. The average Bonchev–Trinajstić information content (AvgIpc) is 1.15. The molecule has 0 aromatic heterocycles. The number of hydrogen-bond acceptors (Lipinski definition) is 10. The minimum atomic E-state index is -3.18. The molecule has 0 bridgehead atoms. The van der Waals surface area contributed by atoms with Crippen LogP contribution in [0.15, 0.2) is 109 Å². The Morgan fingerprint density at radius 1 is 0.427 bits per heavy atom. The largest absolute Gasteiger partial charge is 0.368 e. The predicted molar refractivity (Wildman–Crippen MR) is 351 cm³/mol. The molecule has 20 nitrogen and oxygen atoms in total. The number of primary amides is 2. The molecule has 12 N–H and O–H groups in total. The highest BCUT2D eigenvalue weighted by Gasteiger charge is 2.43. The van der Waals surface area contributed by atoms with Crippen LogP contribution in [-0.2, 0) is 73.6 Å². The summed E-state index contributed by atoms with van der Waals surface area (Å²) in [5.41, 5.74) is 14.6. The molecule has 4 aromatic rings. The van der Waals surface area contributed by atoms with E-state index in [9.17, 15) is 47.9 Å². The Hall–Kier alpha value is -8.06. The van der Waals surface area contributed by atoms with Crippen molar-refractivity contribution in [2.75, 3.05) is 26.2 Å². The molecule has 89 heavy (non-hydrogen) atoms. The molecule has 0 aliphatic heterocycles. The van der Waals surface area contributed by atoms with Crippen molar-refractivity contribution in [3.8, 4) is 0 Å². The molecule has 0 spiro atoms. The molecule has 486 valence electrons. The normalized spacial score (nSPS) is 12.7. The van der Waals surface area contributed by atoms with Gasteiger partial charge in [0.05, 0.1) is 34.7 Å². The number of hydrogen-bond donors (Lipinski definition) is 10. The number of carbonyl (C=O) groups is 10. The Kier molecular flexibility index (Phi) is 31.9. The van der Waals surface area contributed by atoms with Gasteiger partial charge in [-0.25, -0.2) is 0 Å². The van der Waals surface area contributed by atoms with Crippen LogP contribution in [0.3, 0.4) is 0 Å². The van der Waals surface area contributed by atoms with Crippen molar-refractivity contribution in [3.05, 3.63) is 131 Å². The van der Waals surface area contributed by atoms with Gasteiger partial charge in [-0.05, 0) is 61.4 Å². The molecule has 0 radical (unpaired) electrons. The lowest BCUT2D eigenvalue weighted by atomic mass is 10.0. The third-order valence-corrected chi connectivity index (χ3v) is 23.8. The van der Waals surface area contributed by atoms with Crippen LogP contribution < -0.4 is 64.4 Å². The second-order valence-corrected chi connectivity index (χ2v) is 33.3. The van der Waals surface area contributed by atoms with E-state index in [0.717, 1.165) is 16.7 Å². The minimum absolute atomic E-state index is 0.0168. The second kappa shape index (κ2) is 37.7. The summed E-state index contributed by atoms with van der Waals surface area (Å²) in [5.74, 6) is -5.27. The van der Waals surface area contributed by atoms with E-state index in [4.69, 9.17) is 11.5 Å². The Balaban J connectivity index is 0.000000465. The molecule has 0 aliphatic carbocycles. The minimum Gasteiger partial charge on any atom is -0.368 e. The van der Waals surface area contributed by atoms with E-state index in [1.165, 1.54) is 5.19 Å². The van der Waals surface area contributed by atoms with Crippen molar-refractivity contribution in [1.82, 2.24) is 42.5 Å². The lowest BCUT2D eigenvalue weighted by molar-refractivity contribution is -0.131. The summed E-state index contributed by atoms with van der Waals surface area (Å²) in [5, 5.41) is 23.3. The van der Waals surface area contributed by atoms with E-state index in [-0.39, 0.29) is 105 Å². The van der Waals surface area contributed by atoms with Crippen LogP contribution in [0.1, 0.15) is 118 Å². The lowest BCUT2D eigenvalue weighted by Gasteiger charge is -2.30. The van der Waals surface area contributed by atoms with Crippen LogP contribution in [-0.4, -0.2) is 127 Å². The van der Waals surface area contributed by atoms with Gasteiger partial charge in [0.1, 0.15) is 24.2 Å². The van der Waals surface area contributed by atoms with Crippen LogP contribution in [0.2, 0.25) is 22.2 Å². The molecule has 0 fully saturated rings. The zero-order valence-electron chi connectivity index (χ0n) is 53.9. The molecular formula is C66H97FN10O10Si2. The summed E-state index contributed by atoms with van der Waals surface area (Å²) < 4.78 is 15.9. The van der Waals surface area contributed by atoms with Gasteiger partial charge in [0.25, 0.3) is 8.41 Å². The first-order chi connectivity index (χ1) is 41.9. The number of amides is 10. The van der Waals surface area contributed by atoms with E-state index in [1.807, 2.05) is 114 Å². The molecule has 23 heteroatoms. The van der Waals surface area contributed by atoms with Gasteiger partial charge in [-0.3, -0.25) is 47.9 Å². The van der Waals surface area contributed by atoms with Crippen molar-refractivity contribution in [3.63, 3.8) is 0 Å². The molecule has 0 saturated carbocycles. The molecule has 10 amide bonds. The Labute approximate surface area is 527 Å². The maximum atomic E-state index is 15.9. The topological polar surface area (TPSA) is 319 Å². The van der Waals surface area contributed by atoms with Crippen molar-refractivity contribution < 1.29 is 52.1 Å². The summed E-state index contributed by atoms with van der Waals surface area (Å²) in [6.45, 7) is 23.3. The van der Waals surface area contributed by atoms with Gasteiger partial charge in [0, 0.05) is 38.8 Å². The molecule has 0 heterocycles. The highest BCUT2D eigenvalue weighted by Crippen LogP contribution is 2.33. The van der Waals surface area contributed by atoms with E-state index in [1.54, 1.807) is 38.1 Å². The maximum Gasteiger partial charge on any atom is 0.282 e. The van der Waals surface area contributed by atoms with Gasteiger partial charge >= 0.3 is 0 Å². The van der Waals surface area contributed by atoms with Gasteiger partial charge in [0.15, 0.2) is 0 Å². The van der Waals surface area contributed by atoms with Gasteiger partial charge in [-0.15, -0.1) is 0 Å². The zero-order valence-corrected chi connectivity index (χ0v) is 56.1. The van der Waals surface area contributed by atoms with E-state index in [0.29, 0.717) is 21.8 Å². The quantitative estimate of drug-likeness (QED) is 0.0239. The average molecular weight is 1270 g/mol. The number of halogens is 1. The summed E-state index contributed by atoms with van der Waals surface area (Å²) in [7, 11) is -4.30. The fourth-order valence-electron chi connectivity index (χ4n) is 10.6. The fraction of sp³-hybridized carbons (Fsp3) is 0.485. The molecular weight excluding hydrogens is 1170 g/mol. The molecule has 0 aliphatic rings. The molecule has 4 atom stereocenters. The van der Waals surface area contributed by atoms with E-state index in [2.05, 4.69) is 82.4 Å². The van der Waals surface area contributed by atoms with Gasteiger partial charge in [0.2, 0.25) is 59.1 Å². The first kappa shape index (κ1) is 75.2. The standard InChI is InChI=1S/C33H48FN5O5Si.C33H49N5O5Si/c1-21(2)31(39-30(42)19-25-12-14-26(15-13-25)45(34,22(3)4)23(5)6)33(44)36-17-16-29(41)38-27(32(43)37-20-28(35)40)18-24-10-8-7-9-11-24;1-21(2)31(38-30(41)19-25-12-14-26(15-13-25)44(22(3)4)23(5)6)33(43)35-17-16-29(40)37-27(32(42)36-20-28(34)39)18-24-10-8-7-9-11-24/h7-15,21-23,27,31H,16-20H2,1-6H3,(H2,35,40)(H,36,44)(H,37,43)(H,38,41)(H,39,42);7-15,21-23,27,31,44H,16-20H2,1-6H3,(H2,34,39)(H,35,43)(H,36,42)(H,37,40)(H,38,41)/t2*27-,31-/m00/s1. The number of nitrogens with two attached hydrogens (primary N) is 2. The third-order valence-electron chi connectivity index (χ3n) is 15.2. The Morgan fingerprint density at radius 3 is 1.09 bits per heavy atom. The van der Waals surface area contributed by atoms with Crippen molar-refractivity contribution >= 4 is 86.6 Å². The molecule has 4 aromatic carbocycles. The molecule has 4 rings (SSSR count). The molecule has 0 unspecified atom stereocenters. The van der Waals surface area contributed by atoms with Crippen LogP contribution in [0, 0.1) is 11.8 Å². The number of nitrogens with one attached hydrogen (secondary N) is 8. The van der Waals surface area contributed by atoms with E-state index >= 15 is 4.11 Å². The van der Waals surface area contributed by atoms with Crippen LogP contribution in [0.25, 0.3) is 0 Å². The smallest absolute Gasteiger partial charge is 0.282 e. The van der Waals surface area contributed by atoms with Crippen molar-refractivity contribution in [2.24, 2.45) is 23.3 Å². The Bertz CT molecular complexity index is 2940.